The normalized spacial score (nSPS) is 12.5. The molecule has 0 aromatic rings. The summed E-state index contributed by atoms with van der Waals surface area (Å²) in [6.45, 7) is 11.6. The van der Waals surface area contributed by atoms with E-state index in [-0.39, 0.29) is 0 Å². The van der Waals surface area contributed by atoms with Gasteiger partial charge in [-0.2, -0.15) is 0 Å². The average molecular weight is 183 g/mol. The van der Waals surface area contributed by atoms with Gasteiger partial charge in [-0.05, 0) is 24.2 Å². The molecular formula is C13H27. The van der Waals surface area contributed by atoms with Crippen LogP contribution in [-0.4, -0.2) is 0 Å². The number of rotatable bonds is 7. The predicted molar refractivity (Wildman–Crippen MR) is 61.7 cm³/mol. The molecule has 1 radical (unpaired) electrons. The van der Waals surface area contributed by atoms with Crippen LogP contribution in [0.25, 0.3) is 0 Å². The summed E-state index contributed by atoms with van der Waals surface area (Å²) in [6, 6.07) is 0. The molecule has 0 spiro atoms. The molecule has 0 amide bonds. The minimum absolute atomic E-state index is 0.635. The van der Waals surface area contributed by atoms with Gasteiger partial charge in [-0.1, -0.05) is 60.3 Å². The fourth-order valence-corrected chi connectivity index (χ4v) is 1.94. The van der Waals surface area contributed by atoms with Gasteiger partial charge in [0.15, 0.2) is 0 Å². The summed E-state index contributed by atoms with van der Waals surface area (Å²) < 4.78 is 0. The van der Waals surface area contributed by atoms with Gasteiger partial charge in [-0.15, -0.1) is 0 Å². The van der Waals surface area contributed by atoms with E-state index in [1.807, 2.05) is 0 Å². The van der Waals surface area contributed by atoms with Crippen molar-refractivity contribution in [2.24, 2.45) is 5.41 Å². The standard InChI is InChI=1S/C13H27/c1-6-12(5)10-11-13(7-2,8-3)9-4/h6-11H2,1-5H3. The van der Waals surface area contributed by atoms with Crippen molar-refractivity contribution in [1.29, 1.82) is 0 Å². The molecule has 0 N–H and O–H groups in total. The topological polar surface area (TPSA) is 0 Å². The Hall–Kier alpha value is 0. The summed E-state index contributed by atoms with van der Waals surface area (Å²) in [4.78, 5) is 0. The molecule has 0 rings (SSSR count). The van der Waals surface area contributed by atoms with Crippen LogP contribution in [0.15, 0.2) is 0 Å². The minimum Gasteiger partial charge on any atom is -0.0649 e. The smallest absolute Gasteiger partial charge is 0.0274 e. The van der Waals surface area contributed by atoms with Crippen molar-refractivity contribution in [1.82, 2.24) is 0 Å². The Bertz CT molecular complexity index is 103. The Kier molecular flexibility index (Phi) is 6.45. The van der Waals surface area contributed by atoms with Crippen LogP contribution in [0.1, 0.15) is 73.1 Å². The highest BCUT2D eigenvalue weighted by Gasteiger charge is 2.23. The van der Waals surface area contributed by atoms with Crippen molar-refractivity contribution in [2.45, 2.75) is 73.1 Å². The van der Waals surface area contributed by atoms with Crippen LogP contribution in [-0.2, 0) is 0 Å². The fourth-order valence-electron chi connectivity index (χ4n) is 1.94. The highest BCUT2D eigenvalue weighted by Crippen LogP contribution is 2.37. The maximum Gasteiger partial charge on any atom is -0.0274 e. The maximum atomic E-state index is 2.34. The highest BCUT2D eigenvalue weighted by atomic mass is 14.3. The third-order valence-electron chi connectivity index (χ3n) is 3.94. The van der Waals surface area contributed by atoms with Gasteiger partial charge >= 0.3 is 0 Å². The van der Waals surface area contributed by atoms with E-state index in [1.54, 1.807) is 5.92 Å². The number of hydrogen-bond acceptors (Lipinski definition) is 0. The largest absolute Gasteiger partial charge is 0.0649 e. The quantitative estimate of drug-likeness (QED) is 0.522. The van der Waals surface area contributed by atoms with Crippen LogP contribution in [0.3, 0.4) is 0 Å². The Morgan fingerprint density at radius 2 is 1.38 bits per heavy atom. The average Bonchev–Trinajstić information content (AvgIpc) is 2.20. The van der Waals surface area contributed by atoms with Crippen LogP contribution in [0.4, 0.5) is 0 Å². The van der Waals surface area contributed by atoms with Crippen molar-refractivity contribution in [3.05, 3.63) is 5.92 Å². The first-order valence-electron chi connectivity index (χ1n) is 5.95. The molecule has 0 nitrogen and oxygen atoms in total. The molecule has 13 heavy (non-hydrogen) atoms. The Labute approximate surface area is 85.1 Å². The van der Waals surface area contributed by atoms with E-state index in [4.69, 9.17) is 0 Å². The third kappa shape index (κ3) is 4.15. The summed E-state index contributed by atoms with van der Waals surface area (Å²) >= 11 is 0. The summed E-state index contributed by atoms with van der Waals surface area (Å²) in [6.07, 6.45) is 8.03. The lowest BCUT2D eigenvalue weighted by molar-refractivity contribution is 0.224. The zero-order chi connectivity index (χ0) is 10.3. The zero-order valence-electron chi connectivity index (χ0n) is 10.2. The van der Waals surface area contributed by atoms with Gasteiger partial charge in [-0.3, -0.25) is 0 Å². The van der Waals surface area contributed by atoms with Crippen LogP contribution in [0.2, 0.25) is 0 Å². The van der Waals surface area contributed by atoms with E-state index in [9.17, 15) is 0 Å². The summed E-state index contributed by atoms with van der Waals surface area (Å²) in [7, 11) is 0. The van der Waals surface area contributed by atoms with Gasteiger partial charge in [-0.25, -0.2) is 0 Å². The molecule has 0 aliphatic heterocycles. The van der Waals surface area contributed by atoms with E-state index in [1.165, 1.54) is 38.5 Å². The molecule has 0 heterocycles. The Balaban J connectivity index is 3.95. The van der Waals surface area contributed by atoms with E-state index < -0.39 is 0 Å². The van der Waals surface area contributed by atoms with Crippen LogP contribution < -0.4 is 0 Å². The van der Waals surface area contributed by atoms with Gasteiger partial charge in [0, 0.05) is 0 Å². The SMILES string of the molecule is CC[C](C)CCC(CC)(CC)CC. The Morgan fingerprint density at radius 3 is 1.69 bits per heavy atom. The lowest BCUT2D eigenvalue weighted by atomic mass is 9.74. The predicted octanol–water partition coefficient (Wildman–Crippen LogP) is 4.99. The van der Waals surface area contributed by atoms with Gasteiger partial charge < -0.3 is 0 Å². The van der Waals surface area contributed by atoms with E-state index in [0.717, 1.165) is 0 Å². The molecule has 0 fully saturated rings. The molecule has 0 heteroatoms. The molecule has 0 aromatic carbocycles. The molecule has 0 saturated heterocycles. The van der Waals surface area contributed by atoms with Crippen molar-refractivity contribution in [3.63, 3.8) is 0 Å². The summed E-state index contributed by atoms with van der Waals surface area (Å²) in [5.74, 6) is 1.67. The highest BCUT2D eigenvalue weighted by molar-refractivity contribution is 4.86. The molecule has 0 unspecified atom stereocenters. The second-order valence-corrected chi connectivity index (χ2v) is 4.37. The van der Waals surface area contributed by atoms with Crippen molar-refractivity contribution < 1.29 is 0 Å². The van der Waals surface area contributed by atoms with Gasteiger partial charge in [0.25, 0.3) is 0 Å². The second kappa shape index (κ2) is 6.45. The number of hydrogen-bond donors (Lipinski definition) is 0. The van der Waals surface area contributed by atoms with Crippen LogP contribution in [0, 0.1) is 11.3 Å². The molecular weight excluding hydrogens is 156 g/mol. The van der Waals surface area contributed by atoms with Gasteiger partial charge in [0.1, 0.15) is 0 Å². The fraction of sp³-hybridized carbons (Fsp3) is 0.923. The zero-order valence-corrected chi connectivity index (χ0v) is 10.2. The van der Waals surface area contributed by atoms with E-state index in [2.05, 4.69) is 34.6 Å². The van der Waals surface area contributed by atoms with Crippen LogP contribution in [0.5, 0.6) is 0 Å². The second-order valence-electron chi connectivity index (χ2n) is 4.37. The molecule has 79 valence electrons. The summed E-state index contributed by atoms with van der Waals surface area (Å²) in [5, 5.41) is 0. The van der Waals surface area contributed by atoms with Crippen molar-refractivity contribution in [2.75, 3.05) is 0 Å². The van der Waals surface area contributed by atoms with Gasteiger partial charge in [0.2, 0.25) is 0 Å². The molecule has 0 bridgehead atoms. The summed E-state index contributed by atoms with van der Waals surface area (Å²) in [5.41, 5.74) is 0.635. The first kappa shape index (κ1) is 13.0. The van der Waals surface area contributed by atoms with E-state index in [0.29, 0.717) is 5.41 Å². The Morgan fingerprint density at radius 1 is 0.923 bits per heavy atom. The van der Waals surface area contributed by atoms with Gasteiger partial charge in [0.05, 0.1) is 0 Å². The molecule has 0 aliphatic rings. The lowest BCUT2D eigenvalue weighted by Crippen LogP contribution is -2.18. The van der Waals surface area contributed by atoms with E-state index >= 15 is 0 Å². The van der Waals surface area contributed by atoms with Crippen molar-refractivity contribution >= 4 is 0 Å². The van der Waals surface area contributed by atoms with Crippen LogP contribution >= 0.6 is 0 Å². The molecule has 0 aromatic heterocycles. The molecule has 0 saturated carbocycles. The monoisotopic (exact) mass is 183 g/mol. The maximum absolute atomic E-state index is 2.34. The molecule has 0 atom stereocenters. The first-order chi connectivity index (χ1) is 6.14. The first-order valence-corrected chi connectivity index (χ1v) is 5.95. The van der Waals surface area contributed by atoms with Crippen molar-refractivity contribution in [3.8, 4) is 0 Å². The lowest BCUT2D eigenvalue weighted by Gasteiger charge is -2.31. The molecule has 0 aliphatic carbocycles. The minimum atomic E-state index is 0.635. The third-order valence-corrected chi connectivity index (χ3v) is 3.94.